The van der Waals surface area contributed by atoms with Crippen LogP contribution in [0.2, 0.25) is 10.0 Å². The van der Waals surface area contributed by atoms with E-state index in [4.69, 9.17) is 80.3 Å². The Balaban J connectivity index is 0.000000136. The molecule has 450 valence electrons. The van der Waals surface area contributed by atoms with Crippen molar-refractivity contribution in [2.24, 2.45) is 15.3 Å². The van der Waals surface area contributed by atoms with Crippen molar-refractivity contribution in [2.45, 2.75) is 58.0 Å². The van der Waals surface area contributed by atoms with Crippen molar-refractivity contribution in [3.05, 3.63) is 151 Å². The summed E-state index contributed by atoms with van der Waals surface area (Å²) >= 11 is 23.2. The number of ether oxygens (including phenoxy) is 5. The van der Waals surface area contributed by atoms with Gasteiger partial charge in [0.15, 0.2) is 5.78 Å². The smallest absolute Gasteiger partial charge is 0.410 e. The fraction of sp³-hybridized carbons (Fsp3) is 0.371. The van der Waals surface area contributed by atoms with E-state index >= 15 is 0 Å². The molecule has 0 saturated carbocycles. The third kappa shape index (κ3) is 16.1. The number of β-amino-alcohol motifs (C(OH)–C–C–N with tert-alkyl or cyclic N) is 1. The Kier molecular flexibility index (Phi) is 20.5. The molecule has 1 saturated heterocycles. The first-order valence-electron chi connectivity index (χ1n) is 28.3. The lowest BCUT2D eigenvalue weighted by Crippen LogP contribution is -2.50. The normalized spacial score (nSPS) is 17.1. The molecule has 13 rings (SSSR count). The highest BCUT2D eigenvalue weighted by Gasteiger charge is 2.28. The number of esters is 4. The fourth-order valence-electron chi connectivity index (χ4n) is 10.5. The number of ketones is 1. The molecular formula is C62H62Cl4N8O12. The number of carbonyl (C=O) groups is 6. The van der Waals surface area contributed by atoms with Crippen LogP contribution in [0.25, 0.3) is 0 Å². The minimum absolute atomic E-state index is 0.0317. The van der Waals surface area contributed by atoms with Gasteiger partial charge in [0.25, 0.3) is 0 Å². The molecule has 1 N–H and O–H groups in total. The summed E-state index contributed by atoms with van der Waals surface area (Å²) in [6.07, 6.45) is 3.97. The topological polar surface area (TPSA) is 222 Å². The minimum Gasteiger partial charge on any atom is -0.445 e. The molecule has 86 heavy (non-hydrogen) atoms. The van der Waals surface area contributed by atoms with Crippen molar-refractivity contribution in [3.8, 4) is 23.0 Å². The van der Waals surface area contributed by atoms with Crippen LogP contribution < -0.4 is 18.9 Å². The van der Waals surface area contributed by atoms with E-state index in [0.717, 1.165) is 133 Å². The highest BCUT2D eigenvalue weighted by atomic mass is 35.5. The summed E-state index contributed by atoms with van der Waals surface area (Å²) in [4.78, 5) is 72.9. The van der Waals surface area contributed by atoms with Gasteiger partial charge < -0.3 is 33.7 Å². The van der Waals surface area contributed by atoms with Gasteiger partial charge in [-0.15, -0.1) is 23.2 Å². The molecule has 5 aromatic rings. The molecule has 1 fully saturated rings. The number of halogens is 4. The first-order valence-corrected chi connectivity index (χ1v) is 30.2. The van der Waals surface area contributed by atoms with E-state index in [1.807, 2.05) is 64.6 Å². The van der Waals surface area contributed by atoms with Crippen LogP contribution in [-0.4, -0.2) is 173 Å². The monoisotopic (exact) mass is 1250 g/mol. The number of hydrogen-bond donors (Lipinski definition) is 1. The third-order valence-electron chi connectivity index (χ3n) is 15.0. The standard InChI is InChI=1S/C25H26Cl2N4O4.C13H13ClN2O2.C13H14N2O3.C11H9ClO3/c26-20-11-17(12-21(27)15-20)16-34-25(33)30-8-5-29(6-9-30)7-10-31-4-3-22(28-31)18-1-2-19-14-24(32)35-23(19)13-18;14-4-6-16-5-3-11(15-16)9-1-2-10-8-13(17)18-12(10)7-9;16-6-5-15-4-3-11(14-15)9-1-2-10-8-13(17)18-12(10)7-9;12-4-3-9(13)7-1-2-8-6-11(14)15-10(8)5-7/h1-2,11-13,15H,3-10,14,16H2;1-2,7H,3-6,8H2;1-2,7,16H,3-6,8H2;1-2,5H,3-4,6H2. The molecule has 0 aliphatic carbocycles. The Labute approximate surface area is 516 Å². The third-order valence-corrected chi connectivity index (χ3v) is 15.8. The minimum atomic E-state index is -0.324. The molecule has 0 atom stereocenters. The van der Waals surface area contributed by atoms with E-state index in [2.05, 4.69) is 20.1 Å². The summed E-state index contributed by atoms with van der Waals surface area (Å²) in [5.74, 6) is 2.48. The zero-order chi connectivity index (χ0) is 60.3. The zero-order valence-corrected chi connectivity index (χ0v) is 50.0. The van der Waals surface area contributed by atoms with Gasteiger partial charge in [-0.2, -0.15) is 15.3 Å². The number of hydrazone groups is 3. The Morgan fingerprint density at radius 3 is 1.37 bits per heavy atom. The molecule has 24 heteroatoms. The van der Waals surface area contributed by atoms with Gasteiger partial charge in [0.05, 0.1) is 56.0 Å². The van der Waals surface area contributed by atoms with Gasteiger partial charge in [0.1, 0.15) is 29.6 Å². The largest absolute Gasteiger partial charge is 0.445 e. The molecule has 0 spiro atoms. The lowest BCUT2D eigenvalue weighted by atomic mass is 10.0. The number of aliphatic hydroxyl groups is 1. The van der Waals surface area contributed by atoms with Gasteiger partial charge in [-0.1, -0.05) is 71.7 Å². The second-order valence-electron chi connectivity index (χ2n) is 21.1. The number of piperazine rings is 1. The summed E-state index contributed by atoms with van der Waals surface area (Å²) < 4.78 is 25.9. The van der Waals surface area contributed by atoms with E-state index < -0.39 is 0 Å². The maximum Gasteiger partial charge on any atom is 0.410 e. The second-order valence-corrected chi connectivity index (χ2v) is 22.7. The molecule has 0 unspecified atom stereocenters. The first kappa shape index (κ1) is 61.5. The number of amides is 1. The number of fused-ring (bicyclic) bond motifs is 4. The van der Waals surface area contributed by atoms with Crippen LogP contribution in [0.15, 0.2) is 106 Å². The van der Waals surface area contributed by atoms with Crippen LogP contribution in [0.3, 0.4) is 0 Å². The molecule has 0 radical (unpaired) electrons. The summed E-state index contributed by atoms with van der Waals surface area (Å²) in [5, 5.41) is 29.6. The van der Waals surface area contributed by atoms with E-state index in [1.165, 1.54) is 0 Å². The summed E-state index contributed by atoms with van der Waals surface area (Å²) in [6.45, 7) is 8.70. The van der Waals surface area contributed by atoms with Gasteiger partial charge in [-0.25, -0.2) is 4.79 Å². The number of alkyl halides is 2. The Morgan fingerprint density at radius 1 is 0.500 bits per heavy atom. The summed E-state index contributed by atoms with van der Waals surface area (Å²) in [5.41, 5.74) is 11.0. The van der Waals surface area contributed by atoms with Crippen molar-refractivity contribution in [3.63, 3.8) is 0 Å². The Morgan fingerprint density at radius 2 is 0.930 bits per heavy atom. The van der Waals surface area contributed by atoms with Crippen LogP contribution >= 0.6 is 46.4 Å². The van der Waals surface area contributed by atoms with E-state index in [9.17, 15) is 28.8 Å². The van der Waals surface area contributed by atoms with Crippen LogP contribution in [0.5, 0.6) is 23.0 Å². The van der Waals surface area contributed by atoms with Crippen molar-refractivity contribution in [1.29, 1.82) is 0 Å². The quantitative estimate of drug-likeness (QED) is 0.0452. The number of aliphatic hydroxyl groups excluding tert-OH is 1. The average molecular weight is 1250 g/mol. The predicted octanol–water partition coefficient (Wildman–Crippen LogP) is 8.13. The van der Waals surface area contributed by atoms with E-state index in [0.29, 0.717) is 102 Å². The van der Waals surface area contributed by atoms with Gasteiger partial charge in [-0.05, 0) is 48.0 Å². The maximum absolute atomic E-state index is 12.4. The molecule has 20 nitrogen and oxygen atoms in total. The lowest BCUT2D eigenvalue weighted by Gasteiger charge is -2.34. The summed E-state index contributed by atoms with van der Waals surface area (Å²) in [7, 11) is 0. The summed E-state index contributed by atoms with van der Waals surface area (Å²) in [6, 6.07) is 27.7. The number of benzene rings is 5. The molecule has 1 amide bonds. The number of nitrogens with zero attached hydrogens (tertiary/aromatic N) is 8. The van der Waals surface area contributed by atoms with Gasteiger partial charge in [0, 0.05) is 157 Å². The van der Waals surface area contributed by atoms with Crippen molar-refractivity contribution < 1.29 is 57.6 Å². The van der Waals surface area contributed by atoms with Gasteiger partial charge in [0.2, 0.25) is 0 Å². The van der Waals surface area contributed by atoms with Crippen molar-refractivity contribution in [2.75, 3.05) is 90.4 Å². The Bertz CT molecular complexity index is 3400. The molecular weight excluding hydrogens is 1190 g/mol. The van der Waals surface area contributed by atoms with Crippen molar-refractivity contribution >= 4 is 99.3 Å². The first-order chi connectivity index (χ1) is 41.6. The molecule has 0 aromatic heterocycles. The number of rotatable bonds is 15. The zero-order valence-electron chi connectivity index (χ0n) is 47.0. The average Bonchev–Trinajstić information content (AvgIpc) is 3.26. The van der Waals surface area contributed by atoms with Crippen LogP contribution in [0.4, 0.5) is 4.79 Å². The highest BCUT2D eigenvalue weighted by molar-refractivity contribution is 6.34. The highest BCUT2D eigenvalue weighted by Crippen LogP contribution is 2.32. The lowest BCUT2D eigenvalue weighted by molar-refractivity contribution is -0.132. The second kappa shape index (κ2) is 28.7. The van der Waals surface area contributed by atoms with Crippen molar-refractivity contribution in [1.82, 2.24) is 24.8 Å². The van der Waals surface area contributed by atoms with Crippen LogP contribution in [0, 0.1) is 0 Å². The molecule has 8 heterocycles. The Hall–Kier alpha value is -7.59. The predicted molar refractivity (Wildman–Crippen MR) is 323 cm³/mol. The fourth-order valence-corrected chi connectivity index (χ4v) is 11.5. The number of Topliss-reactive ketones (excluding diaryl/α,β-unsaturated/α-hetero) is 1. The van der Waals surface area contributed by atoms with Gasteiger partial charge in [-0.3, -0.25) is 43.9 Å². The van der Waals surface area contributed by atoms with Crippen LogP contribution in [0.1, 0.15) is 80.5 Å². The maximum atomic E-state index is 12.4. The molecule has 5 aromatic carbocycles. The van der Waals surface area contributed by atoms with Gasteiger partial charge >= 0.3 is 30.0 Å². The number of hydrogen-bond acceptors (Lipinski definition) is 19. The van der Waals surface area contributed by atoms with E-state index in [1.54, 1.807) is 41.3 Å². The number of carbonyl (C=O) groups excluding carboxylic acids is 6. The molecule has 8 aliphatic heterocycles. The molecule has 0 bridgehead atoms. The molecule has 8 aliphatic rings. The SMILES string of the molecule is O=C1Cc2ccc(C(=O)CCCl)cc2O1.O=C1Cc2ccc(C3=NN(CCCl)CC3)cc2O1.O=C1Cc2ccc(C3=NN(CCN4CCN(C(=O)OCc5cc(Cl)cc(Cl)c5)CC4)CC3)cc2O1.O=C1Cc2ccc(C3=NN(CCO)CC3)cc2O1. The van der Waals surface area contributed by atoms with E-state index in [-0.39, 0.29) is 49.0 Å². The van der Waals surface area contributed by atoms with Crippen LogP contribution in [-0.2, 0) is 56.2 Å².